The van der Waals surface area contributed by atoms with E-state index in [0.717, 1.165) is 12.8 Å². The lowest BCUT2D eigenvalue weighted by atomic mass is 9.85. The number of aliphatic hydroxyl groups is 1. The molecule has 2 aliphatic rings. The van der Waals surface area contributed by atoms with Crippen LogP contribution in [0.4, 0.5) is 0 Å². The first-order valence-electron chi connectivity index (χ1n) is 3.92. The Morgan fingerprint density at radius 3 is 2.91 bits per heavy atom. The lowest BCUT2D eigenvalue weighted by Gasteiger charge is -2.19. The second-order valence-electron chi connectivity index (χ2n) is 3.17. The molecule has 1 heterocycles. The summed E-state index contributed by atoms with van der Waals surface area (Å²) in [7, 11) is 0. The number of carbonyl (C=O) groups excluding carboxylic acids is 1. The first kappa shape index (κ1) is 6.85. The maximum atomic E-state index is 11.1. The lowest BCUT2D eigenvalue weighted by molar-refractivity contribution is -0.123. The van der Waals surface area contributed by atoms with Crippen LogP contribution in [0, 0.1) is 11.8 Å². The fourth-order valence-corrected chi connectivity index (χ4v) is 1.85. The van der Waals surface area contributed by atoms with Gasteiger partial charge in [0, 0.05) is 11.8 Å². The molecule has 3 atom stereocenters. The minimum Gasteiger partial charge on any atom is -0.373 e. The Morgan fingerprint density at radius 2 is 2.18 bits per heavy atom. The van der Waals surface area contributed by atoms with Gasteiger partial charge in [-0.15, -0.1) is 0 Å². The van der Waals surface area contributed by atoms with E-state index in [9.17, 15) is 9.90 Å². The van der Waals surface area contributed by atoms with Crippen LogP contribution >= 0.6 is 0 Å². The molecule has 0 radical (unpaired) electrons. The summed E-state index contributed by atoms with van der Waals surface area (Å²) in [6.45, 7) is 0. The Kier molecular flexibility index (Phi) is 1.46. The third-order valence-corrected chi connectivity index (χ3v) is 2.51. The molecule has 0 aromatic heterocycles. The Bertz CT molecular complexity index is 212. The van der Waals surface area contributed by atoms with Crippen LogP contribution in [0.1, 0.15) is 12.8 Å². The van der Waals surface area contributed by atoms with E-state index in [1.165, 1.54) is 0 Å². The van der Waals surface area contributed by atoms with Crippen LogP contribution in [0.25, 0.3) is 0 Å². The van der Waals surface area contributed by atoms with E-state index in [1.54, 1.807) is 0 Å². The first-order valence-corrected chi connectivity index (χ1v) is 3.92. The predicted octanol–water partition coefficient (Wildman–Crippen LogP) is 0.0170. The molecular formula is C8H11NO2. The molecule has 3 nitrogen and oxygen atoms in total. The smallest absolute Gasteiger partial charge is 0.225 e. The van der Waals surface area contributed by atoms with Gasteiger partial charge in [-0.2, -0.15) is 0 Å². The number of fused-ring (bicyclic) bond motifs is 1. The Balaban J connectivity index is 2.21. The van der Waals surface area contributed by atoms with Crippen LogP contribution in [0.5, 0.6) is 0 Å². The average molecular weight is 153 g/mol. The molecule has 2 N–H and O–H groups in total. The van der Waals surface area contributed by atoms with E-state index in [4.69, 9.17) is 0 Å². The second kappa shape index (κ2) is 2.34. The molecule has 1 unspecified atom stereocenters. The molecule has 3 heteroatoms. The monoisotopic (exact) mass is 153 g/mol. The highest BCUT2D eigenvalue weighted by Gasteiger charge is 2.40. The minimum atomic E-state index is -0.613. The molecule has 0 aromatic carbocycles. The third-order valence-electron chi connectivity index (χ3n) is 2.51. The summed E-state index contributed by atoms with van der Waals surface area (Å²) < 4.78 is 0. The van der Waals surface area contributed by atoms with Gasteiger partial charge in [-0.25, -0.2) is 0 Å². The van der Waals surface area contributed by atoms with E-state index in [1.807, 2.05) is 12.2 Å². The molecule has 0 bridgehead atoms. The molecule has 1 aliphatic heterocycles. The van der Waals surface area contributed by atoms with Crippen LogP contribution < -0.4 is 5.32 Å². The molecule has 1 aliphatic carbocycles. The molecule has 1 amide bonds. The lowest BCUT2D eigenvalue weighted by Crippen LogP contribution is -2.28. The van der Waals surface area contributed by atoms with Crippen molar-refractivity contribution in [2.75, 3.05) is 0 Å². The maximum Gasteiger partial charge on any atom is 0.225 e. The number of hydrogen-bond donors (Lipinski definition) is 2. The Labute approximate surface area is 65.1 Å². The van der Waals surface area contributed by atoms with E-state index in [0.29, 0.717) is 0 Å². The normalized spacial score (nSPS) is 41.9. The van der Waals surface area contributed by atoms with Gasteiger partial charge in [-0.3, -0.25) is 4.79 Å². The van der Waals surface area contributed by atoms with Crippen molar-refractivity contribution in [3.8, 4) is 0 Å². The van der Waals surface area contributed by atoms with Crippen LogP contribution in [0.15, 0.2) is 12.2 Å². The summed E-state index contributed by atoms with van der Waals surface area (Å²) in [4.78, 5) is 11.1. The molecular weight excluding hydrogens is 142 g/mol. The van der Waals surface area contributed by atoms with Crippen LogP contribution in [0.2, 0.25) is 0 Å². The fraction of sp³-hybridized carbons (Fsp3) is 0.625. The van der Waals surface area contributed by atoms with Crippen LogP contribution in [-0.4, -0.2) is 17.2 Å². The number of aliphatic hydroxyl groups excluding tert-OH is 1. The first-order chi connectivity index (χ1) is 5.29. The number of carbonyl (C=O) groups is 1. The van der Waals surface area contributed by atoms with Crippen molar-refractivity contribution in [3.05, 3.63) is 12.2 Å². The van der Waals surface area contributed by atoms with Crippen molar-refractivity contribution in [2.45, 2.75) is 19.1 Å². The van der Waals surface area contributed by atoms with Gasteiger partial charge >= 0.3 is 0 Å². The van der Waals surface area contributed by atoms with Gasteiger partial charge in [-0.1, -0.05) is 12.2 Å². The Hall–Kier alpha value is -0.830. The highest BCUT2D eigenvalue weighted by molar-refractivity contribution is 5.81. The summed E-state index contributed by atoms with van der Waals surface area (Å²) >= 11 is 0. The number of hydrogen-bond acceptors (Lipinski definition) is 2. The molecule has 0 aromatic rings. The van der Waals surface area contributed by atoms with Crippen LogP contribution in [0.3, 0.4) is 0 Å². The number of amides is 1. The highest BCUT2D eigenvalue weighted by atomic mass is 16.3. The van der Waals surface area contributed by atoms with Crippen LogP contribution in [-0.2, 0) is 4.79 Å². The van der Waals surface area contributed by atoms with Crippen molar-refractivity contribution >= 4 is 5.91 Å². The van der Waals surface area contributed by atoms with Gasteiger partial charge in [0.25, 0.3) is 0 Å². The maximum absolute atomic E-state index is 11.1. The Morgan fingerprint density at radius 1 is 1.45 bits per heavy atom. The molecule has 0 saturated carbocycles. The predicted molar refractivity (Wildman–Crippen MR) is 39.5 cm³/mol. The standard InChI is InChI=1S/C8H11NO2/c10-7-5-3-1-2-4-6(5)8(11)9-7/h1-2,5-7,10H,3-4H2,(H,9,11)/t5-,6+,7?/m0/s1. The average Bonchev–Trinajstić information content (AvgIpc) is 2.30. The number of nitrogens with one attached hydrogen (secondary N) is 1. The van der Waals surface area contributed by atoms with E-state index in [2.05, 4.69) is 5.32 Å². The third kappa shape index (κ3) is 0.959. The summed E-state index contributed by atoms with van der Waals surface area (Å²) in [5, 5.41) is 11.9. The van der Waals surface area contributed by atoms with Crippen molar-refractivity contribution in [1.29, 1.82) is 0 Å². The van der Waals surface area contributed by atoms with Gasteiger partial charge in [-0.05, 0) is 12.8 Å². The summed E-state index contributed by atoms with van der Waals surface area (Å²) in [5.41, 5.74) is 0. The topological polar surface area (TPSA) is 49.3 Å². The fourth-order valence-electron chi connectivity index (χ4n) is 1.85. The molecule has 11 heavy (non-hydrogen) atoms. The highest BCUT2D eigenvalue weighted by Crippen LogP contribution is 2.31. The largest absolute Gasteiger partial charge is 0.373 e. The summed E-state index contributed by atoms with van der Waals surface area (Å²) in [6, 6.07) is 0. The molecule has 2 rings (SSSR count). The van der Waals surface area contributed by atoms with Crippen molar-refractivity contribution in [3.63, 3.8) is 0 Å². The zero-order chi connectivity index (χ0) is 7.84. The number of rotatable bonds is 0. The van der Waals surface area contributed by atoms with E-state index < -0.39 is 6.23 Å². The van der Waals surface area contributed by atoms with Crippen molar-refractivity contribution in [2.24, 2.45) is 11.8 Å². The molecule has 60 valence electrons. The van der Waals surface area contributed by atoms with E-state index >= 15 is 0 Å². The van der Waals surface area contributed by atoms with Gasteiger partial charge in [0.05, 0.1) is 0 Å². The summed E-state index contributed by atoms with van der Waals surface area (Å²) in [6.07, 6.45) is 5.04. The zero-order valence-electron chi connectivity index (χ0n) is 6.16. The zero-order valence-corrected chi connectivity index (χ0v) is 6.16. The quantitative estimate of drug-likeness (QED) is 0.482. The SMILES string of the molecule is O=C1NC(O)[C@H]2CC=CC[C@@H]12. The van der Waals surface area contributed by atoms with Crippen molar-refractivity contribution in [1.82, 2.24) is 5.32 Å². The molecule has 1 fully saturated rings. The van der Waals surface area contributed by atoms with Gasteiger partial charge in [0.1, 0.15) is 6.23 Å². The van der Waals surface area contributed by atoms with E-state index in [-0.39, 0.29) is 17.7 Å². The van der Waals surface area contributed by atoms with Gasteiger partial charge in [0.2, 0.25) is 5.91 Å². The van der Waals surface area contributed by atoms with Crippen molar-refractivity contribution < 1.29 is 9.90 Å². The van der Waals surface area contributed by atoms with Gasteiger partial charge < -0.3 is 10.4 Å². The number of allylic oxidation sites excluding steroid dienone is 2. The molecule has 0 spiro atoms. The second-order valence-corrected chi connectivity index (χ2v) is 3.17. The molecule has 1 saturated heterocycles. The van der Waals surface area contributed by atoms with Gasteiger partial charge in [0.15, 0.2) is 0 Å². The minimum absolute atomic E-state index is 0.00634. The summed E-state index contributed by atoms with van der Waals surface area (Å²) in [5.74, 6) is 0.148.